The van der Waals surface area contributed by atoms with Crippen molar-refractivity contribution in [3.63, 3.8) is 0 Å². The normalized spacial score (nSPS) is 15.5. The first-order valence-electron chi connectivity index (χ1n) is 14.7. The van der Waals surface area contributed by atoms with Crippen molar-refractivity contribution in [2.24, 2.45) is 5.41 Å². The smallest absolute Gasteiger partial charge is 0.294 e. The fourth-order valence-corrected chi connectivity index (χ4v) is 5.70. The van der Waals surface area contributed by atoms with Gasteiger partial charge in [0.15, 0.2) is 5.58 Å². The van der Waals surface area contributed by atoms with Crippen molar-refractivity contribution in [3.8, 4) is 5.75 Å². The molecule has 10 nitrogen and oxygen atoms in total. The van der Waals surface area contributed by atoms with Crippen molar-refractivity contribution in [3.05, 3.63) is 82.7 Å². The number of furan rings is 1. The minimum absolute atomic E-state index is 0.00980. The van der Waals surface area contributed by atoms with E-state index >= 15 is 0 Å². The Bertz CT molecular complexity index is 1680. The third-order valence-electron chi connectivity index (χ3n) is 8.18. The number of carbonyl (C=O) groups excluding carboxylic acids is 2. The lowest BCUT2D eigenvalue weighted by Gasteiger charge is -2.27. The van der Waals surface area contributed by atoms with Gasteiger partial charge >= 0.3 is 0 Å². The minimum atomic E-state index is -1.15. The van der Waals surface area contributed by atoms with E-state index in [-0.39, 0.29) is 23.4 Å². The van der Waals surface area contributed by atoms with Crippen molar-refractivity contribution < 1.29 is 18.7 Å². The van der Waals surface area contributed by atoms with Crippen molar-refractivity contribution in [1.82, 2.24) is 14.9 Å². The molecule has 0 radical (unpaired) electrons. The molecule has 1 N–H and O–H groups in total. The molecule has 4 aromatic rings. The van der Waals surface area contributed by atoms with Crippen molar-refractivity contribution in [2.75, 3.05) is 36.5 Å². The van der Waals surface area contributed by atoms with Crippen LogP contribution in [0.4, 0.5) is 11.4 Å². The summed E-state index contributed by atoms with van der Waals surface area (Å²) in [6.45, 7) is 9.37. The second-order valence-electron chi connectivity index (χ2n) is 11.4. The van der Waals surface area contributed by atoms with Crippen LogP contribution in [0.1, 0.15) is 50.8 Å². The molecule has 0 aliphatic carbocycles. The van der Waals surface area contributed by atoms with E-state index in [1.54, 1.807) is 53.9 Å². The number of rotatable bonds is 11. The Morgan fingerprint density at radius 2 is 1.81 bits per heavy atom. The van der Waals surface area contributed by atoms with Crippen LogP contribution < -0.4 is 25.4 Å². The highest BCUT2D eigenvalue weighted by Gasteiger charge is 2.45. The summed E-state index contributed by atoms with van der Waals surface area (Å²) in [5.41, 5.74) is 2.55. The molecule has 5 rings (SSSR count). The van der Waals surface area contributed by atoms with Crippen LogP contribution in [0.15, 0.2) is 70.5 Å². The first-order valence-corrected chi connectivity index (χ1v) is 14.7. The highest BCUT2D eigenvalue weighted by molar-refractivity contribution is 6.20. The van der Waals surface area contributed by atoms with Gasteiger partial charge in [0, 0.05) is 56.2 Å². The van der Waals surface area contributed by atoms with Gasteiger partial charge in [0.2, 0.25) is 11.8 Å². The highest BCUT2D eigenvalue weighted by Crippen LogP contribution is 2.40. The summed E-state index contributed by atoms with van der Waals surface area (Å²) in [7, 11) is 1.70. The average molecular weight is 586 g/mol. The Hall–Kier alpha value is -4.44. The SMILES string of the molecule is CCN1C(=O)C(C)(C)C(=O)N(C)c2cc(OCCCNC(CCn3cc(C)c4ccoc4c3=O)c3ccncc3)ccc21. The monoisotopic (exact) mass is 585 g/mol. The predicted molar refractivity (Wildman–Crippen MR) is 167 cm³/mol. The van der Waals surface area contributed by atoms with Crippen LogP contribution >= 0.6 is 0 Å². The summed E-state index contributed by atoms with van der Waals surface area (Å²) in [5, 5.41) is 4.46. The number of anilines is 2. The molecule has 1 aliphatic heterocycles. The van der Waals surface area contributed by atoms with E-state index in [1.807, 2.05) is 56.4 Å². The van der Waals surface area contributed by atoms with Crippen LogP contribution in [0, 0.1) is 12.3 Å². The number of aryl methyl sites for hydroxylation is 2. The molecule has 4 heterocycles. The zero-order chi connectivity index (χ0) is 30.7. The fraction of sp³-hybridized carbons (Fsp3) is 0.394. The molecule has 2 amide bonds. The molecule has 1 unspecified atom stereocenters. The maximum atomic E-state index is 13.1. The Morgan fingerprint density at radius 1 is 1.05 bits per heavy atom. The third-order valence-corrected chi connectivity index (χ3v) is 8.18. The predicted octanol–water partition coefficient (Wildman–Crippen LogP) is 4.84. The van der Waals surface area contributed by atoms with Gasteiger partial charge in [-0.3, -0.25) is 19.4 Å². The van der Waals surface area contributed by atoms with E-state index in [4.69, 9.17) is 9.15 Å². The van der Waals surface area contributed by atoms with Gasteiger partial charge < -0.3 is 28.8 Å². The van der Waals surface area contributed by atoms with Gasteiger partial charge in [-0.15, -0.1) is 0 Å². The van der Waals surface area contributed by atoms with Crippen LogP contribution in [0.25, 0.3) is 11.0 Å². The number of aromatic nitrogens is 2. The number of carbonyl (C=O) groups is 2. The van der Waals surface area contributed by atoms with E-state index in [2.05, 4.69) is 10.3 Å². The molecule has 0 saturated carbocycles. The van der Waals surface area contributed by atoms with E-state index in [9.17, 15) is 14.4 Å². The molecule has 0 spiro atoms. The first kappa shape index (κ1) is 30.0. The number of fused-ring (bicyclic) bond motifs is 2. The zero-order valence-corrected chi connectivity index (χ0v) is 25.4. The molecule has 1 atom stereocenters. The standard InChI is InChI=1S/C33H39N5O5/c1-6-38-27-9-8-24(20-28(27)36(5)31(40)33(3,4)32(38)41)42-18-7-14-35-26(23-10-15-34-16-11-23)12-17-37-21-22(2)25-13-19-43-29(25)30(37)39/h8-11,13,15-16,19-21,26,35H,6-7,12,14,17-18H2,1-5H3. The molecule has 0 saturated heterocycles. The summed E-state index contributed by atoms with van der Waals surface area (Å²) >= 11 is 0. The Kier molecular flexibility index (Phi) is 8.68. The number of nitrogens with zero attached hydrogens (tertiary/aromatic N) is 4. The third kappa shape index (κ3) is 5.92. The van der Waals surface area contributed by atoms with Gasteiger partial charge in [0.1, 0.15) is 11.2 Å². The fourth-order valence-electron chi connectivity index (χ4n) is 5.70. The van der Waals surface area contributed by atoms with Gasteiger partial charge in [-0.05, 0) is 88.5 Å². The lowest BCUT2D eigenvalue weighted by Crippen LogP contribution is -2.47. The van der Waals surface area contributed by atoms with Gasteiger partial charge in [-0.2, -0.15) is 0 Å². The number of amides is 2. The lowest BCUT2D eigenvalue weighted by atomic mass is 9.90. The van der Waals surface area contributed by atoms with Crippen molar-refractivity contribution in [2.45, 2.75) is 53.1 Å². The quantitative estimate of drug-likeness (QED) is 0.198. The molecule has 1 aromatic carbocycles. The van der Waals surface area contributed by atoms with E-state index in [0.717, 1.165) is 22.9 Å². The molecule has 3 aromatic heterocycles. The molecule has 1 aliphatic rings. The second-order valence-corrected chi connectivity index (χ2v) is 11.4. The van der Waals surface area contributed by atoms with E-state index in [0.29, 0.717) is 55.4 Å². The van der Waals surface area contributed by atoms with Gasteiger partial charge in [-0.25, -0.2) is 0 Å². The van der Waals surface area contributed by atoms with Crippen molar-refractivity contribution in [1.29, 1.82) is 0 Å². The van der Waals surface area contributed by atoms with Crippen LogP contribution in [-0.4, -0.2) is 48.1 Å². The molecule has 43 heavy (non-hydrogen) atoms. The summed E-state index contributed by atoms with van der Waals surface area (Å²) in [4.78, 5) is 46.5. The van der Waals surface area contributed by atoms with Gasteiger partial charge in [0.25, 0.3) is 5.56 Å². The summed E-state index contributed by atoms with van der Waals surface area (Å²) < 4.78 is 13.2. The number of benzene rings is 1. The van der Waals surface area contributed by atoms with E-state index in [1.165, 1.54) is 0 Å². The van der Waals surface area contributed by atoms with Crippen LogP contribution in [0.5, 0.6) is 5.75 Å². The zero-order valence-electron chi connectivity index (χ0n) is 25.4. The molecular weight excluding hydrogens is 546 g/mol. The second kappa shape index (κ2) is 12.4. The van der Waals surface area contributed by atoms with Crippen LogP contribution in [-0.2, 0) is 16.1 Å². The highest BCUT2D eigenvalue weighted by atomic mass is 16.5. The lowest BCUT2D eigenvalue weighted by molar-refractivity contribution is -0.137. The largest absolute Gasteiger partial charge is 0.493 e. The number of pyridine rings is 2. The summed E-state index contributed by atoms with van der Waals surface area (Å²) in [6, 6.07) is 11.3. The molecule has 10 heteroatoms. The topological polar surface area (TPSA) is 110 Å². The molecule has 226 valence electrons. The first-order chi connectivity index (χ1) is 20.6. The van der Waals surface area contributed by atoms with Gasteiger partial charge in [0.05, 0.1) is 24.2 Å². The van der Waals surface area contributed by atoms with E-state index < -0.39 is 5.41 Å². The number of nitrogens with one attached hydrogen (secondary N) is 1. The molecule has 0 bridgehead atoms. The minimum Gasteiger partial charge on any atom is -0.493 e. The van der Waals surface area contributed by atoms with Crippen LogP contribution in [0.2, 0.25) is 0 Å². The number of hydrogen-bond acceptors (Lipinski definition) is 7. The molecular formula is C33H39N5O5. The van der Waals surface area contributed by atoms with Crippen LogP contribution in [0.3, 0.4) is 0 Å². The average Bonchev–Trinajstić information content (AvgIpc) is 3.51. The van der Waals surface area contributed by atoms with Crippen molar-refractivity contribution >= 4 is 34.2 Å². The summed E-state index contributed by atoms with van der Waals surface area (Å²) in [5.74, 6) is 0.172. The Labute approximate surface area is 251 Å². The molecule has 0 fully saturated rings. The maximum Gasteiger partial charge on any atom is 0.294 e. The number of ether oxygens (including phenoxy) is 1. The van der Waals surface area contributed by atoms with Gasteiger partial charge in [-0.1, -0.05) is 0 Å². The number of hydrogen-bond donors (Lipinski definition) is 1. The summed E-state index contributed by atoms with van der Waals surface area (Å²) in [6.07, 6.45) is 8.42. The Balaban J connectivity index is 1.22. The Morgan fingerprint density at radius 3 is 2.56 bits per heavy atom. The maximum absolute atomic E-state index is 13.1.